The number of aromatic nitrogens is 3. The van der Waals surface area contributed by atoms with Crippen LogP contribution in [0.5, 0.6) is 5.75 Å². The maximum absolute atomic E-state index is 12.2. The van der Waals surface area contributed by atoms with Crippen LogP contribution in [-0.2, 0) is 0 Å². The van der Waals surface area contributed by atoms with Gasteiger partial charge in [-0.3, -0.25) is 9.78 Å². The second-order valence-corrected chi connectivity index (χ2v) is 6.56. The van der Waals surface area contributed by atoms with Crippen molar-refractivity contribution in [2.24, 2.45) is 5.10 Å². The molecule has 0 aliphatic heterocycles. The molecule has 0 saturated carbocycles. The zero-order valence-corrected chi connectivity index (χ0v) is 16.5. The van der Waals surface area contributed by atoms with Gasteiger partial charge in [0.1, 0.15) is 0 Å². The van der Waals surface area contributed by atoms with Crippen LogP contribution in [0.4, 0.5) is 5.95 Å². The number of anilines is 1. The summed E-state index contributed by atoms with van der Waals surface area (Å²) in [5.41, 5.74) is 3.82. The number of ether oxygens (including phenoxy) is 1. The second-order valence-electron chi connectivity index (χ2n) is 5.75. The Balaban J connectivity index is 1.71. The van der Waals surface area contributed by atoms with Crippen molar-refractivity contribution in [1.82, 2.24) is 15.2 Å². The molecule has 0 atom stereocenters. The van der Waals surface area contributed by atoms with E-state index in [-0.39, 0.29) is 17.2 Å². The summed E-state index contributed by atoms with van der Waals surface area (Å²) in [5, 5.41) is 12.7. The van der Waals surface area contributed by atoms with E-state index >= 15 is 0 Å². The molecule has 7 nitrogen and oxygen atoms in total. The van der Waals surface area contributed by atoms with Gasteiger partial charge in [0.05, 0.1) is 22.9 Å². The van der Waals surface area contributed by atoms with Gasteiger partial charge in [0.2, 0.25) is 5.95 Å². The molecule has 2 aromatic carbocycles. The van der Waals surface area contributed by atoms with Gasteiger partial charge in [0.15, 0.2) is 11.4 Å². The minimum absolute atomic E-state index is 0.112. The lowest BCUT2D eigenvalue weighted by Crippen LogP contribution is -2.15. The van der Waals surface area contributed by atoms with Gasteiger partial charge in [-0.25, -0.2) is 5.43 Å². The molecule has 3 aromatic rings. The lowest BCUT2D eigenvalue weighted by atomic mass is 10.2. The normalized spacial score (nSPS) is 11.0. The predicted molar refractivity (Wildman–Crippen MR) is 112 cm³/mol. The molecule has 0 spiro atoms. The molecule has 1 heterocycles. The van der Waals surface area contributed by atoms with Crippen LogP contribution in [0.2, 0.25) is 10.0 Å². The van der Waals surface area contributed by atoms with E-state index in [1.807, 2.05) is 25.1 Å². The molecule has 1 aromatic heterocycles. The highest BCUT2D eigenvalue weighted by atomic mass is 35.5. The van der Waals surface area contributed by atoms with Gasteiger partial charge in [0, 0.05) is 5.56 Å². The maximum Gasteiger partial charge on any atom is 0.279 e. The van der Waals surface area contributed by atoms with Gasteiger partial charge in [-0.1, -0.05) is 60.5 Å². The van der Waals surface area contributed by atoms with Crippen LogP contribution < -0.4 is 15.7 Å². The molecule has 144 valence electrons. The number of nitrogens with one attached hydrogen (secondary N) is 2. The van der Waals surface area contributed by atoms with Gasteiger partial charge in [-0.05, 0) is 24.1 Å². The summed E-state index contributed by atoms with van der Waals surface area (Å²) in [6.45, 7) is 2.52. The third-order valence-corrected chi connectivity index (χ3v) is 4.16. The monoisotopic (exact) mass is 417 g/mol. The summed E-state index contributed by atoms with van der Waals surface area (Å²) in [4.78, 5) is 14.8. The van der Waals surface area contributed by atoms with Crippen molar-refractivity contribution < 1.29 is 4.74 Å². The zero-order chi connectivity index (χ0) is 19.9. The second kappa shape index (κ2) is 9.34. The van der Waals surface area contributed by atoms with Crippen molar-refractivity contribution in [3.8, 4) is 17.0 Å². The fourth-order valence-electron chi connectivity index (χ4n) is 2.34. The number of hydrogen-bond acceptors (Lipinski definition) is 6. The summed E-state index contributed by atoms with van der Waals surface area (Å²) >= 11 is 12.4. The van der Waals surface area contributed by atoms with E-state index in [1.165, 1.54) is 6.21 Å². The molecule has 0 unspecified atom stereocenters. The van der Waals surface area contributed by atoms with Crippen molar-refractivity contribution in [2.75, 3.05) is 12.0 Å². The van der Waals surface area contributed by atoms with Crippen molar-refractivity contribution >= 4 is 35.4 Å². The van der Waals surface area contributed by atoms with E-state index < -0.39 is 0 Å². The van der Waals surface area contributed by atoms with Crippen LogP contribution in [0.3, 0.4) is 0 Å². The van der Waals surface area contributed by atoms with E-state index in [2.05, 4.69) is 25.7 Å². The number of rotatable bonds is 7. The highest BCUT2D eigenvalue weighted by Crippen LogP contribution is 2.33. The molecular weight excluding hydrogens is 401 g/mol. The largest absolute Gasteiger partial charge is 0.490 e. The van der Waals surface area contributed by atoms with Gasteiger partial charge in [-0.2, -0.15) is 5.10 Å². The Hall–Kier alpha value is -2.90. The smallest absolute Gasteiger partial charge is 0.279 e. The summed E-state index contributed by atoms with van der Waals surface area (Å²) in [5.74, 6) is 0.558. The first-order valence-electron chi connectivity index (χ1n) is 8.52. The molecule has 9 heteroatoms. The number of nitrogens with zero attached hydrogens (tertiary/aromatic N) is 3. The van der Waals surface area contributed by atoms with Gasteiger partial charge < -0.3 is 4.74 Å². The van der Waals surface area contributed by atoms with Crippen LogP contribution in [-0.4, -0.2) is 28.0 Å². The van der Waals surface area contributed by atoms with E-state index in [0.717, 1.165) is 6.42 Å². The average Bonchev–Trinajstić information content (AvgIpc) is 2.68. The zero-order valence-electron chi connectivity index (χ0n) is 14.9. The molecule has 3 rings (SSSR count). The SMILES string of the molecule is CCCOc1c(Cl)cc(/C=N/Nc2nnc(-c3ccccc3)c(=O)[nH]2)cc1Cl. The highest BCUT2D eigenvalue weighted by molar-refractivity contribution is 6.37. The summed E-state index contributed by atoms with van der Waals surface area (Å²) in [6, 6.07) is 12.4. The van der Waals surface area contributed by atoms with E-state index in [4.69, 9.17) is 27.9 Å². The quantitative estimate of drug-likeness (QED) is 0.439. The molecule has 0 radical (unpaired) electrons. The highest BCUT2D eigenvalue weighted by Gasteiger charge is 2.09. The number of halogens is 2. The Morgan fingerprint density at radius 1 is 1.18 bits per heavy atom. The molecule has 0 fully saturated rings. The van der Waals surface area contributed by atoms with Gasteiger partial charge >= 0.3 is 0 Å². The van der Waals surface area contributed by atoms with Crippen molar-refractivity contribution in [2.45, 2.75) is 13.3 Å². The molecular formula is C19H17Cl2N5O2. The number of H-pyrrole nitrogens is 1. The Morgan fingerprint density at radius 2 is 1.89 bits per heavy atom. The van der Waals surface area contributed by atoms with Crippen LogP contribution in [0, 0.1) is 0 Å². The molecule has 0 bridgehead atoms. The minimum Gasteiger partial charge on any atom is -0.490 e. The minimum atomic E-state index is -0.373. The molecule has 28 heavy (non-hydrogen) atoms. The lowest BCUT2D eigenvalue weighted by Gasteiger charge is -2.09. The number of aromatic amines is 1. The molecule has 0 saturated heterocycles. The van der Waals surface area contributed by atoms with Crippen molar-refractivity contribution in [3.05, 3.63) is 68.4 Å². The lowest BCUT2D eigenvalue weighted by molar-refractivity contribution is 0.318. The first kappa shape index (κ1) is 19.9. The summed E-state index contributed by atoms with van der Waals surface area (Å²) in [7, 11) is 0. The molecule has 0 amide bonds. The topological polar surface area (TPSA) is 92.3 Å². The fraction of sp³-hybridized carbons (Fsp3) is 0.158. The molecule has 0 aliphatic rings. The third kappa shape index (κ3) is 4.88. The van der Waals surface area contributed by atoms with Crippen molar-refractivity contribution in [3.63, 3.8) is 0 Å². The summed E-state index contributed by atoms with van der Waals surface area (Å²) in [6.07, 6.45) is 2.34. The van der Waals surface area contributed by atoms with E-state index in [1.54, 1.807) is 24.3 Å². The average molecular weight is 418 g/mol. The molecule has 2 N–H and O–H groups in total. The first-order chi connectivity index (χ1) is 13.6. The Kier molecular flexibility index (Phi) is 6.62. The maximum atomic E-state index is 12.2. The van der Waals surface area contributed by atoms with Crippen LogP contribution in [0.1, 0.15) is 18.9 Å². The Labute approximate surface area is 171 Å². The number of hydrazone groups is 1. The van der Waals surface area contributed by atoms with Crippen LogP contribution in [0.25, 0.3) is 11.3 Å². The summed E-state index contributed by atoms with van der Waals surface area (Å²) < 4.78 is 5.52. The van der Waals surface area contributed by atoms with Crippen LogP contribution in [0.15, 0.2) is 52.4 Å². The van der Waals surface area contributed by atoms with Crippen molar-refractivity contribution in [1.29, 1.82) is 0 Å². The number of hydrogen-bond donors (Lipinski definition) is 2. The first-order valence-corrected chi connectivity index (χ1v) is 9.27. The standard InChI is InChI=1S/C19H17Cl2N5O2/c1-2-8-28-17-14(20)9-12(10-15(17)21)11-22-25-19-23-18(27)16(24-26-19)13-6-4-3-5-7-13/h3-7,9-11H,2,8H2,1H3,(H2,23,25,26,27)/b22-11+. The number of benzene rings is 2. The van der Waals surface area contributed by atoms with Gasteiger partial charge in [-0.15, -0.1) is 10.2 Å². The molecule has 0 aliphatic carbocycles. The predicted octanol–water partition coefficient (Wildman–Crippen LogP) is 4.37. The third-order valence-electron chi connectivity index (χ3n) is 3.60. The fourth-order valence-corrected chi connectivity index (χ4v) is 2.95. The van der Waals surface area contributed by atoms with Gasteiger partial charge in [0.25, 0.3) is 5.56 Å². The Bertz CT molecular complexity index is 1010. The van der Waals surface area contributed by atoms with Crippen LogP contribution >= 0.6 is 23.2 Å². The van der Waals surface area contributed by atoms with E-state index in [0.29, 0.717) is 33.5 Å². The van der Waals surface area contributed by atoms with E-state index in [9.17, 15) is 4.79 Å². The Morgan fingerprint density at radius 3 is 2.54 bits per heavy atom.